The van der Waals surface area contributed by atoms with Gasteiger partial charge in [0.15, 0.2) is 0 Å². The van der Waals surface area contributed by atoms with Gasteiger partial charge in [0.2, 0.25) is 0 Å². The molecule has 5 atom stereocenters. The van der Waals surface area contributed by atoms with Crippen LogP contribution in [0.5, 0.6) is 5.75 Å². The van der Waals surface area contributed by atoms with Crippen molar-refractivity contribution in [3.05, 3.63) is 36.0 Å². The topological polar surface area (TPSA) is 45.6 Å². The summed E-state index contributed by atoms with van der Waals surface area (Å²) in [5.41, 5.74) is 1.92. The Balaban J connectivity index is 1.57. The second-order valence-electron chi connectivity index (χ2n) is 9.07. The van der Waals surface area contributed by atoms with Gasteiger partial charge in [-0.15, -0.1) is 0 Å². The molecule has 2 bridgehead atoms. The third-order valence-corrected chi connectivity index (χ3v) is 6.85. The van der Waals surface area contributed by atoms with Crippen molar-refractivity contribution in [3.8, 4) is 5.75 Å². The van der Waals surface area contributed by atoms with E-state index in [2.05, 4.69) is 36.7 Å². The maximum absolute atomic E-state index is 11.4. The van der Waals surface area contributed by atoms with E-state index in [1.54, 1.807) is 0 Å². The van der Waals surface area contributed by atoms with Gasteiger partial charge in [-0.25, -0.2) is 0 Å². The molecule has 5 rings (SSSR count). The molecular formula is C24H34N2O2. The van der Waals surface area contributed by atoms with Crippen LogP contribution in [-0.4, -0.2) is 40.7 Å². The van der Waals surface area contributed by atoms with Gasteiger partial charge >= 0.3 is 0 Å². The van der Waals surface area contributed by atoms with Crippen LogP contribution in [0.4, 0.5) is 0 Å². The van der Waals surface area contributed by atoms with Crippen molar-refractivity contribution < 1.29 is 9.84 Å². The second-order valence-corrected chi connectivity index (χ2v) is 9.07. The SMILES string of the molecule is CC[C@H]1CN2CC[C@H]1C[C@@H]2C(O)c1ccnc2ccc(OCCC(C)C)cc12. The lowest BCUT2D eigenvalue weighted by Gasteiger charge is -2.51. The number of aromatic nitrogens is 1. The molecule has 0 aliphatic carbocycles. The molecule has 2 aromatic rings. The molecule has 2 unspecified atom stereocenters. The van der Waals surface area contributed by atoms with Crippen molar-refractivity contribution in [2.24, 2.45) is 17.8 Å². The van der Waals surface area contributed by atoms with Gasteiger partial charge < -0.3 is 9.84 Å². The summed E-state index contributed by atoms with van der Waals surface area (Å²) in [6.45, 7) is 9.69. The maximum Gasteiger partial charge on any atom is 0.120 e. The first-order chi connectivity index (χ1) is 13.6. The summed E-state index contributed by atoms with van der Waals surface area (Å²) in [7, 11) is 0. The van der Waals surface area contributed by atoms with Crippen LogP contribution >= 0.6 is 0 Å². The molecule has 0 amide bonds. The number of pyridine rings is 1. The Morgan fingerprint density at radius 2 is 2.14 bits per heavy atom. The van der Waals surface area contributed by atoms with Crippen molar-refractivity contribution in [1.82, 2.24) is 9.88 Å². The lowest BCUT2D eigenvalue weighted by molar-refractivity contribution is -0.0562. The lowest BCUT2D eigenvalue weighted by Crippen LogP contribution is -2.55. The van der Waals surface area contributed by atoms with Crippen LogP contribution in [0, 0.1) is 17.8 Å². The van der Waals surface area contributed by atoms with E-state index in [9.17, 15) is 5.11 Å². The van der Waals surface area contributed by atoms with Gasteiger partial charge in [0, 0.05) is 24.2 Å². The summed E-state index contributed by atoms with van der Waals surface area (Å²) in [6.07, 6.45) is 6.03. The van der Waals surface area contributed by atoms with E-state index in [1.807, 2.05) is 24.4 Å². The number of ether oxygens (including phenoxy) is 1. The first-order valence-corrected chi connectivity index (χ1v) is 11.0. The van der Waals surface area contributed by atoms with Gasteiger partial charge in [-0.3, -0.25) is 9.88 Å². The summed E-state index contributed by atoms with van der Waals surface area (Å²) >= 11 is 0. The fraction of sp³-hybridized carbons (Fsp3) is 0.625. The summed E-state index contributed by atoms with van der Waals surface area (Å²) < 4.78 is 5.96. The number of aliphatic hydroxyl groups is 1. The quantitative estimate of drug-likeness (QED) is 0.746. The maximum atomic E-state index is 11.4. The Morgan fingerprint density at radius 3 is 2.86 bits per heavy atom. The highest BCUT2D eigenvalue weighted by molar-refractivity contribution is 5.84. The molecule has 0 radical (unpaired) electrons. The van der Waals surface area contributed by atoms with E-state index in [-0.39, 0.29) is 6.04 Å². The molecule has 0 spiro atoms. The number of rotatable bonds is 7. The van der Waals surface area contributed by atoms with Crippen LogP contribution in [0.1, 0.15) is 58.1 Å². The summed E-state index contributed by atoms with van der Waals surface area (Å²) in [4.78, 5) is 7.03. The molecule has 4 nitrogen and oxygen atoms in total. The van der Waals surface area contributed by atoms with Gasteiger partial charge in [0.05, 0.1) is 18.2 Å². The van der Waals surface area contributed by atoms with Crippen LogP contribution in [-0.2, 0) is 0 Å². The number of aliphatic hydroxyl groups excluding tert-OH is 1. The molecule has 3 aliphatic rings. The number of nitrogens with zero attached hydrogens (tertiary/aromatic N) is 2. The van der Waals surface area contributed by atoms with Gasteiger partial charge in [0.25, 0.3) is 0 Å². The predicted molar refractivity (Wildman–Crippen MR) is 114 cm³/mol. The molecule has 3 saturated heterocycles. The largest absolute Gasteiger partial charge is 0.494 e. The minimum atomic E-state index is -0.475. The number of benzene rings is 1. The number of fused-ring (bicyclic) bond motifs is 4. The number of hydrogen-bond acceptors (Lipinski definition) is 4. The van der Waals surface area contributed by atoms with Crippen molar-refractivity contribution in [1.29, 1.82) is 0 Å². The van der Waals surface area contributed by atoms with Crippen LogP contribution in [0.3, 0.4) is 0 Å². The molecule has 1 aromatic carbocycles. The fourth-order valence-corrected chi connectivity index (χ4v) is 5.08. The Labute approximate surface area is 168 Å². The highest BCUT2D eigenvalue weighted by Gasteiger charge is 2.42. The standard InChI is InChI=1S/C24H34N2O2/c1-4-17-15-26-11-8-18(17)13-23(26)24(27)20-7-10-25-22-6-5-19(14-21(20)22)28-12-9-16(2)3/h5-7,10,14,16-18,23-24,27H,4,8-9,11-13,15H2,1-3H3/t17-,18-,23+,24?/m0/s1. The van der Waals surface area contributed by atoms with Crippen LogP contribution < -0.4 is 4.74 Å². The average Bonchev–Trinajstić information content (AvgIpc) is 2.72. The van der Waals surface area contributed by atoms with E-state index < -0.39 is 6.10 Å². The monoisotopic (exact) mass is 382 g/mol. The molecule has 1 N–H and O–H groups in total. The third-order valence-electron chi connectivity index (χ3n) is 6.85. The second kappa shape index (κ2) is 8.38. The highest BCUT2D eigenvalue weighted by atomic mass is 16.5. The van der Waals surface area contributed by atoms with Crippen molar-refractivity contribution in [2.45, 2.75) is 58.6 Å². The highest BCUT2D eigenvalue weighted by Crippen LogP contribution is 2.42. The molecule has 28 heavy (non-hydrogen) atoms. The van der Waals surface area contributed by atoms with E-state index in [0.29, 0.717) is 5.92 Å². The van der Waals surface area contributed by atoms with E-state index >= 15 is 0 Å². The Bertz CT molecular complexity index is 806. The van der Waals surface area contributed by atoms with Gasteiger partial charge in [-0.05, 0) is 73.4 Å². The molecule has 4 heteroatoms. The minimum absolute atomic E-state index is 0.220. The van der Waals surface area contributed by atoms with Crippen LogP contribution in [0.15, 0.2) is 30.5 Å². The molecule has 4 heterocycles. The Hall–Kier alpha value is -1.65. The molecular weight excluding hydrogens is 348 g/mol. The first kappa shape index (κ1) is 19.7. The number of piperidine rings is 3. The van der Waals surface area contributed by atoms with Gasteiger partial charge in [0.1, 0.15) is 5.75 Å². The normalized spacial score (nSPS) is 28.0. The predicted octanol–water partition coefficient (Wildman–Crippen LogP) is 4.81. The fourth-order valence-electron chi connectivity index (χ4n) is 5.08. The van der Waals surface area contributed by atoms with Gasteiger partial charge in [-0.2, -0.15) is 0 Å². The molecule has 0 saturated carbocycles. The zero-order chi connectivity index (χ0) is 19.7. The lowest BCUT2D eigenvalue weighted by atomic mass is 9.72. The summed E-state index contributed by atoms with van der Waals surface area (Å²) in [6, 6.07) is 8.27. The zero-order valence-corrected chi connectivity index (χ0v) is 17.5. The van der Waals surface area contributed by atoms with Crippen molar-refractivity contribution in [3.63, 3.8) is 0 Å². The molecule has 3 fully saturated rings. The molecule has 3 aliphatic heterocycles. The van der Waals surface area contributed by atoms with Gasteiger partial charge in [-0.1, -0.05) is 27.2 Å². The third kappa shape index (κ3) is 3.90. The van der Waals surface area contributed by atoms with Crippen molar-refractivity contribution >= 4 is 10.9 Å². The summed E-state index contributed by atoms with van der Waals surface area (Å²) in [5, 5.41) is 12.4. The Morgan fingerprint density at radius 1 is 1.29 bits per heavy atom. The smallest absolute Gasteiger partial charge is 0.120 e. The summed E-state index contributed by atoms with van der Waals surface area (Å²) in [5.74, 6) is 3.05. The number of hydrogen-bond donors (Lipinski definition) is 1. The van der Waals surface area contributed by atoms with E-state index in [4.69, 9.17) is 4.74 Å². The first-order valence-electron chi connectivity index (χ1n) is 11.0. The van der Waals surface area contributed by atoms with Crippen LogP contribution in [0.2, 0.25) is 0 Å². The van der Waals surface area contributed by atoms with E-state index in [0.717, 1.165) is 66.6 Å². The molecule has 152 valence electrons. The van der Waals surface area contributed by atoms with Crippen molar-refractivity contribution in [2.75, 3.05) is 19.7 Å². The Kier molecular flexibility index (Phi) is 5.88. The minimum Gasteiger partial charge on any atom is -0.494 e. The molecule has 1 aromatic heterocycles. The average molecular weight is 383 g/mol. The zero-order valence-electron chi connectivity index (χ0n) is 17.5. The van der Waals surface area contributed by atoms with E-state index in [1.165, 1.54) is 12.8 Å². The van der Waals surface area contributed by atoms with Crippen LogP contribution in [0.25, 0.3) is 10.9 Å².